The van der Waals surface area contributed by atoms with Crippen molar-refractivity contribution in [3.63, 3.8) is 0 Å². The quantitative estimate of drug-likeness (QED) is 0.908. The number of nitrogens with zero attached hydrogens (tertiary/aromatic N) is 2. The van der Waals surface area contributed by atoms with Gasteiger partial charge >= 0.3 is 0 Å². The number of aromatic amines is 1. The summed E-state index contributed by atoms with van der Waals surface area (Å²) in [6.45, 7) is 4.89. The largest absolute Gasteiger partial charge is 0.381 e. The molecule has 116 valence electrons. The third kappa shape index (κ3) is 3.15. The first kappa shape index (κ1) is 15.1. The molecule has 0 aliphatic carbocycles. The van der Waals surface area contributed by atoms with Crippen LogP contribution in [0.25, 0.3) is 0 Å². The van der Waals surface area contributed by atoms with E-state index < -0.39 is 0 Å². The molecule has 2 aromatic rings. The van der Waals surface area contributed by atoms with Gasteiger partial charge in [0.2, 0.25) is 0 Å². The summed E-state index contributed by atoms with van der Waals surface area (Å²) in [6, 6.07) is 8.92. The Labute approximate surface area is 134 Å². The molecular formula is C16H19ClN4O. The van der Waals surface area contributed by atoms with Crippen LogP contribution in [0, 0.1) is 0 Å². The van der Waals surface area contributed by atoms with Gasteiger partial charge in [0.15, 0.2) is 0 Å². The summed E-state index contributed by atoms with van der Waals surface area (Å²) in [7, 11) is 0. The first-order valence-electron chi connectivity index (χ1n) is 7.43. The molecule has 1 aliphatic rings. The van der Waals surface area contributed by atoms with Crippen molar-refractivity contribution in [1.29, 1.82) is 0 Å². The Morgan fingerprint density at radius 3 is 3.00 bits per heavy atom. The molecule has 0 saturated heterocycles. The molecule has 22 heavy (non-hydrogen) atoms. The highest BCUT2D eigenvalue weighted by atomic mass is 35.5. The molecule has 0 saturated carbocycles. The summed E-state index contributed by atoms with van der Waals surface area (Å²) in [5, 5.41) is 9.46. The second-order valence-corrected chi connectivity index (χ2v) is 6.02. The predicted octanol–water partition coefficient (Wildman–Crippen LogP) is 2.28. The Bertz CT molecular complexity index is 715. The van der Waals surface area contributed by atoms with E-state index in [1.165, 1.54) is 11.1 Å². The smallest absolute Gasteiger partial charge is 0.285 e. The van der Waals surface area contributed by atoms with Gasteiger partial charge in [0.05, 0.1) is 11.9 Å². The number of nitrogens with one attached hydrogen (secondary N) is 2. The fraction of sp³-hybridized carbons (Fsp3) is 0.375. The first-order chi connectivity index (χ1) is 10.6. The van der Waals surface area contributed by atoms with Crippen LogP contribution in [-0.4, -0.2) is 34.2 Å². The van der Waals surface area contributed by atoms with Gasteiger partial charge in [-0.15, -0.1) is 0 Å². The Balaban J connectivity index is 1.62. The highest BCUT2D eigenvalue weighted by molar-refractivity contribution is 6.32. The van der Waals surface area contributed by atoms with Gasteiger partial charge in [-0.3, -0.25) is 9.69 Å². The zero-order valence-electron chi connectivity index (χ0n) is 12.5. The Kier molecular flexibility index (Phi) is 4.45. The highest BCUT2D eigenvalue weighted by Crippen LogP contribution is 2.21. The fourth-order valence-electron chi connectivity index (χ4n) is 2.79. The zero-order valence-corrected chi connectivity index (χ0v) is 13.2. The van der Waals surface area contributed by atoms with E-state index in [0.29, 0.717) is 18.3 Å². The number of halogens is 1. The molecular weight excluding hydrogens is 300 g/mol. The third-order valence-corrected chi connectivity index (χ3v) is 4.54. The molecule has 1 aromatic carbocycles. The number of H-pyrrole nitrogens is 1. The van der Waals surface area contributed by atoms with Crippen LogP contribution in [0.4, 0.5) is 5.69 Å². The SMILES string of the molecule is CC(CNc1cn[nH]c(=O)c1Cl)N1CCc2ccccc2C1. The molecule has 0 amide bonds. The summed E-state index contributed by atoms with van der Waals surface area (Å²) in [6.07, 6.45) is 2.62. The minimum absolute atomic E-state index is 0.159. The summed E-state index contributed by atoms with van der Waals surface area (Å²) < 4.78 is 0. The van der Waals surface area contributed by atoms with Crippen LogP contribution in [0.1, 0.15) is 18.1 Å². The predicted molar refractivity (Wildman–Crippen MR) is 88.4 cm³/mol. The van der Waals surface area contributed by atoms with Crippen molar-refractivity contribution >= 4 is 17.3 Å². The Morgan fingerprint density at radius 2 is 2.18 bits per heavy atom. The standard InChI is InChI=1S/C16H19ClN4O/c1-11(8-18-14-9-19-20-16(22)15(14)17)21-7-6-12-4-2-3-5-13(12)10-21/h2-5,9,11H,6-8,10H2,1H3,(H2,18,20,22). The number of fused-ring (bicyclic) bond motifs is 1. The van der Waals surface area contributed by atoms with Crippen LogP contribution in [0.3, 0.4) is 0 Å². The number of rotatable bonds is 4. The molecule has 0 bridgehead atoms. The van der Waals surface area contributed by atoms with E-state index in [9.17, 15) is 4.79 Å². The van der Waals surface area contributed by atoms with Crippen molar-refractivity contribution in [2.75, 3.05) is 18.4 Å². The maximum absolute atomic E-state index is 11.4. The van der Waals surface area contributed by atoms with Crippen molar-refractivity contribution in [3.8, 4) is 0 Å². The summed E-state index contributed by atoms with van der Waals surface area (Å²) >= 11 is 5.97. The van der Waals surface area contributed by atoms with Crippen molar-refractivity contribution in [2.24, 2.45) is 0 Å². The normalized spacial score (nSPS) is 16.1. The molecule has 2 N–H and O–H groups in total. The van der Waals surface area contributed by atoms with Crippen molar-refractivity contribution in [3.05, 3.63) is 57.0 Å². The zero-order chi connectivity index (χ0) is 15.5. The maximum atomic E-state index is 11.4. The number of benzene rings is 1. The lowest BCUT2D eigenvalue weighted by Crippen LogP contribution is -2.41. The van der Waals surface area contributed by atoms with E-state index in [1.807, 2.05) is 0 Å². The van der Waals surface area contributed by atoms with Crippen LogP contribution < -0.4 is 10.9 Å². The minimum Gasteiger partial charge on any atom is -0.381 e. The van der Waals surface area contributed by atoms with Crippen molar-refractivity contribution in [1.82, 2.24) is 15.1 Å². The number of anilines is 1. The fourth-order valence-corrected chi connectivity index (χ4v) is 2.95. The average molecular weight is 319 g/mol. The molecule has 1 atom stereocenters. The van der Waals surface area contributed by atoms with Crippen LogP contribution in [0.5, 0.6) is 0 Å². The molecule has 1 aromatic heterocycles. The van der Waals surface area contributed by atoms with E-state index in [2.05, 4.69) is 51.6 Å². The Morgan fingerprint density at radius 1 is 1.41 bits per heavy atom. The lowest BCUT2D eigenvalue weighted by Gasteiger charge is -2.34. The maximum Gasteiger partial charge on any atom is 0.285 e. The lowest BCUT2D eigenvalue weighted by molar-refractivity contribution is 0.198. The van der Waals surface area contributed by atoms with Gasteiger partial charge in [0, 0.05) is 25.7 Å². The summed E-state index contributed by atoms with van der Waals surface area (Å²) in [4.78, 5) is 13.9. The Hall–Kier alpha value is -1.85. The lowest BCUT2D eigenvalue weighted by atomic mass is 9.99. The highest BCUT2D eigenvalue weighted by Gasteiger charge is 2.20. The van der Waals surface area contributed by atoms with Gasteiger partial charge < -0.3 is 5.32 Å². The van der Waals surface area contributed by atoms with E-state index in [4.69, 9.17) is 11.6 Å². The van der Waals surface area contributed by atoms with Crippen LogP contribution in [-0.2, 0) is 13.0 Å². The molecule has 6 heteroatoms. The summed E-state index contributed by atoms with van der Waals surface area (Å²) in [5.41, 5.74) is 3.05. The average Bonchev–Trinajstić information content (AvgIpc) is 2.55. The van der Waals surface area contributed by atoms with Crippen LogP contribution in [0.2, 0.25) is 5.02 Å². The van der Waals surface area contributed by atoms with Gasteiger partial charge in [-0.2, -0.15) is 5.10 Å². The molecule has 3 rings (SSSR count). The molecule has 1 unspecified atom stereocenters. The number of aromatic nitrogens is 2. The van der Waals surface area contributed by atoms with Crippen molar-refractivity contribution < 1.29 is 0 Å². The van der Waals surface area contributed by atoms with E-state index in [-0.39, 0.29) is 10.6 Å². The van der Waals surface area contributed by atoms with Gasteiger partial charge in [-0.1, -0.05) is 35.9 Å². The molecule has 0 spiro atoms. The monoisotopic (exact) mass is 318 g/mol. The van der Waals surface area contributed by atoms with Crippen LogP contribution >= 0.6 is 11.6 Å². The molecule has 2 heterocycles. The first-order valence-corrected chi connectivity index (χ1v) is 7.81. The van der Waals surface area contributed by atoms with Gasteiger partial charge in [0.1, 0.15) is 5.02 Å². The topological polar surface area (TPSA) is 61.0 Å². The minimum atomic E-state index is -0.369. The van der Waals surface area contributed by atoms with Gasteiger partial charge in [0.25, 0.3) is 5.56 Å². The molecule has 0 radical (unpaired) electrons. The molecule has 1 aliphatic heterocycles. The third-order valence-electron chi connectivity index (χ3n) is 4.17. The number of hydrogen-bond acceptors (Lipinski definition) is 4. The van der Waals surface area contributed by atoms with Gasteiger partial charge in [-0.05, 0) is 24.5 Å². The second kappa shape index (κ2) is 6.50. The van der Waals surface area contributed by atoms with E-state index >= 15 is 0 Å². The van der Waals surface area contributed by atoms with Gasteiger partial charge in [-0.25, -0.2) is 5.10 Å². The summed E-state index contributed by atoms with van der Waals surface area (Å²) in [5.74, 6) is 0. The van der Waals surface area contributed by atoms with E-state index in [0.717, 1.165) is 19.5 Å². The number of hydrogen-bond donors (Lipinski definition) is 2. The molecule has 5 nitrogen and oxygen atoms in total. The van der Waals surface area contributed by atoms with Crippen molar-refractivity contribution in [2.45, 2.75) is 25.9 Å². The molecule has 0 fully saturated rings. The van der Waals surface area contributed by atoms with E-state index in [1.54, 1.807) is 6.20 Å². The van der Waals surface area contributed by atoms with Crippen LogP contribution in [0.15, 0.2) is 35.3 Å². The second-order valence-electron chi connectivity index (χ2n) is 5.65.